The van der Waals surface area contributed by atoms with E-state index in [0.717, 1.165) is 23.5 Å². The highest BCUT2D eigenvalue weighted by atomic mass is 32.2. The lowest BCUT2D eigenvalue weighted by Crippen LogP contribution is -1.89. The van der Waals surface area contributed by atoms with Crippen molar-refractivity contribution in [3.63, 3.8) is 0 Å². The van der Waals surface area contributed by atoms with Crippen LogP contribution in [0.2, 0.25) is 0 Å². The fourth-order valence-corrected chi connectivity index (χ4v) is 2.77. The molecule has 0 saturated carbocycles. The van der Waals surface area contributed by atoms with Crippen molar-refractivity contribution in [2.75, 3.05) is 5.75 Å². The van der Waals surface area contributed by atoms with Crippen molar-refractivity contribution in [1.82, 2.24) is 0 Å². The van der Waals surface area contributed by atoms with Crippen LogP contribution in [0.5, 0.6) is 0 Å². The number of thiophene rings is 1. The number of carbonyl (C=O) groups is 1. The van der Waals surface area contributed by atoms with Gasteiger partial charge in [0.25, 0.3) is 0 Å². The standard InChI is InChI=1S/C10H12O2S2/c1-2-3-4-5-13-8-6-9(10(11)12)14-7-8/h2,6-7H,1,3-5H2,(H,11,12). The van der Waals surface area contributed by atoms with Crippen molar-refractivity contribution in [3.8, 4) is 0 Å². The molecule has 0 aliphatic heterocycles. The summed E-state index contributed by atoms with van der Waals surface area (Å²) in [4.78, 5) is 12.0. The van der Waals surface area contributed by atoms with E-state index in [1.807, 2.05) is 11.5 Å². The van der Waals surface area contributed by atoms with Crippen LogP contribution in [0, 0.1) is 0 Å². The van der Waals surface area contributed by atoms with Crippen molar-refractivity contribution < 1.29 is 9.90 Å². The zero-order valence-electron chi connectivity index (χ0n) is 7.73. The molecule has 0 unspecified atom stereocenters. The molecule has 1 aromatic heterocycles. The molecule has 0 spiro atoms. The molecule has 76 valence electrons. The second-order valence-electron chi connectivity index (χ2n) is 2.73. The van der Waals surface area contributed by atoms with Crippen LogP contribution in [0.15, 0.2) is 29.0 Å². The maximum Gasteiger partial charge on any atom is 0.345 e. The average molecular weight is 228 g/mol. The van der Waals surface area contributed by atoms with Crippen LogP contribution in [-0.2, 0) is 0 Å². The van der Waals surface area contributed by atoms with Gasteiger partial charge in [0, 0.05) is 10.3 Å². The first-order valence-electron chi connectivity index (χ1n) is 4.29. The third kappa shape index (κ3) is 3.55. The van der Waals surface area contributed by atoms with Gasteiger partial charge in [-0.3, -0.25) is 0 Å². The third-order valence-electron chi connectivity index (χ3n) is 1.61. The second kappa shape index (κ2) is 5.88. The molecule has 0 radical (unpaired) electrons. The van der Waals surface area contributed by atoms with Gasteiger partial charge in [0.2, 0.25) is 0 Å². The zero-order valence-corrected chi connectivity index (χ0v) is 9.37. The summed E-state index contributed by atoms with van der Waals surface area (Å²) in [6.07, 6.45) is 4.01. The van der Waals surface area contributed by atoms with Gasteiger partial charge in [-0.1, -0.05) is 6.08 Å². The largest absolute Gasteiger partial charge is 0.477 e. The molecule has 0 aliphatic carbocycles. The van der Waals surface area contributed by atoms with Gasteiger partial charge in [-0.05, 0) is 24.7 Å². The summed E-state index contributed by atoms with van der Waals surface area (Å²) in [6, 6.07) is 1.73. The molecule has 0 aromatic carbocycles. The molecule has 0 saturated heterocycles. The van der Waals surface area contributed by atoms with E-state index in [1.54, 1.807) is 17.8 Å². The Morgan fingerprint density at radius 2 is 2.50 bits per heavy atom. The highest BCUT2D eigenvalue weighted by Crippen LogP contribution is 2.25. The fraction of sp³-hybridized carbons (Fsp3) is 0.300. The first kappa shape index (κ1) is 11.3. The van der Waals surface area contributed by atoms with E-state index in [9.17, 15) is 4.79 Å². The van der Waals surface area contributed by atoms with Gasteiger partial charge in [0.15, 0.2) is 0 Å². The van der Waals surface area contributed by atoms with Crippen LogP contribution in [0.25, 0.3) is 0 Å². The van der Waals surface area contributed by atoms with E-state index in [0.29, 0.717) is 4.88 Å². The lowest BCUT2D eigenvalue weighted by Gasteiger charge is -1.94. The van der Waals surface area contributed by atoms with E-state index < -0.39 is 5.97 Å². The molecule has 1 rings (SSSR count). The second-order valence-corrected chi connectivity index (χ2v) is 4.81. The number of hydrogen-bond acceptors (Lipinski definition) is 3. The van der Waals surface area contributed by atoms with E-state index in [1.165, 1.54) is 11.3 Å². The van der Waals surface area contributed by atoms with Gasteiger partial charge in [-0.15, -0.1) is 29.7 Å². The smallest absolute Gasteiger partial charge is 0.345 e. The SMILES string of the molecule is C=CCCCSc1csc(C(=O)O)c1. The Morgan fingerprint density at radius 3 is 3.07 bits per heavy atom. The van der Waals surface area contributed by atoms with Gasteiger partial charge >= 0.3 is 5.97 Å². The number of rotatable bonds is 6. The molecule has 0 amide bonds. The van der Waals surface area contributed by atoms with Crippen LogP contribution in [0.3, 0.4) is 0 Å². The maximum atomic E-state index is 10.6. The Morgan fingerprint density at radius 1 is 1.71 bits per heavy atom. The molecule has 0 aliphatic rings. The molecule has 1 aromatic rings. The van der Waals surface area contributed by atoms with Gasteiger partial charge in [0.05, 0.1) is 0 Å². The minimum Gasteiger partial charge on any atom is -0.477 e. The molecule has 4 heteroatoms. The minimum atomic E-state index is -0.840. The lowest BCUT2D eigenvalue weighted by molar-refractivity contribution is 0.0702. The van der Waals surface area contributed by atoms with Crippen LogP contribution in [0.1, 0.15) is 22.5 Å². The number of aromatic carboxylic acids is 1. The van der Waals surface area contributed by atoms with Gasteiger partial charge in [-0.25, -0.2) is 4.79 Å². The Balaban J connectivity index is 2.36. The van der Waals surface area contributed by atoms with Crippen molar-refractivity contribution in [1.29, 1.82) is 0 Å². The number of allylic oxidation sites excluding steroid dienone is 1. The first-order valence-corrected chi connectivity index (χ1v) is 6.16. The summed E-state index contributed by atoms with van der Waals surface area (Å²) >= 11 is 2.98. The molecular weight excluding hydrogens is 216 g/mol. The molecule has 0 fully saturated rings. The van der Waals surface area contributed by atoms with Crippen LogP contribution >= 0.6 is 23.1 Å². The number of hydrogen-bond donors (Lipinski definition) is 1. The van der Waals surface area contributed by atoms with Crippen molar-refractivity contribution >= 4 is 29.1 Å². The monoisotopic (exact) mass is 228 g/mol. The van der Waals surface area contributed by atoms with E-state index in [-0.39, 0.29) is 0 Å². The van der Waals surface area contributed by atoms with Crippen LogP contribution in [0.4, 0.5) is 0 Å². The summed E-state index contributed by atoms with van der Waals surface area (Å²) in [5.74, 6) is 0.176. The number of unbranched alkanes of at least 4 members (excludes halogenated alkanes) is 1. The van der Waals surface area contributed by atoms with Crippen molar-refractivity contribution in [3.05, 3.63) is 29.0 Å². The van der Waals surface area contributed by atoms with Gasteiger partial charge in [-0.2, -0.15) is 0 Å². The summed E-state index contributed by atoms with van der Waals surface area (Å²) in [5.41, 5.74) is 0. The lowest BCUT2D eigenvalue weighted by atomic mass is 10.3. The Labute approximate surface area is 91.7 Å². The molecular formula is C10H12O2S2. The number of carboxylic acids is 1. The first-order chi connectivity index (χ1) is 6.74. The van der Waals surface area contributed by atoms with Crippen LogP contribution < -0.4 is 0 Å². The Kier molecular flexibility index (Phi) is 4.76. The van der Waals surface area contributed by atoms with Crippen molar-refractivity contribution in [2.45, 2.75) is 17.7 Å². The predicted molar refractivity (Wildman–Crippen MR) is 61.4 cm³/mol. The quantitative estimate of drug-likeness (QED) is 0.460. The fourth-order valence-electron chi connectivity index (χ4n) is 0.924. The van der Waals surface area contributed by atoms with E-state index >= 15 is 0 Å². The Bertz CT molecular complexity index is 318. The highest BCUT2D eigenvalue weighted by molar-refractivity contribution is 7.99. The van der Waals surface area contributed by atoms with E-state index in [4.69, 9.17) is 5.11 Å². The van der Waals surface area contributed by atoms with Crippen molar-refractivity contribution in [2.24, 2.45) is 0 Å². The number of thioether (sulfide) groups is 1. The predicted octanol–water partition coefficient (Wildman–Crippen LogP) is 3.50. The minimum absolute atomic E-state index is 0.413. The molecule has 2 nitrogen and oxygen atoms in total. The number of carboxylic acid groups (broad SMARTS) is 1. The molecule has 14 heavy (non-hydrogen) atoms. The summed E-state index contributed by atoms with van der Waals surface area (Å²) in [5, 5.41) is 10.6. The Hall–Kier alpha value is -0.740. The van der Waals surface area contributed by atoms with E-state index in [2.05, 4.69) is 6.58 Å². The van der Waals surface area contributed by atoms with Crippen LogP contribution in [-0.4, -0.2) is 16.8 Å². The maximum absolute atomic E-state index is 10.6. The topological polar surface area (TPSA) is 37.3 Å². The molecule has 1 N–H and O–H groups in total. The normalized spacial score (nSPS) is 10.0. The summed E-state index contributed by atoms with van der Waals surface area (Å²) in [7, 11) is 0. The zero-order chi connectivity index (χ0) is 10.4. The summed E-state index contributed by atoms with van der Waals surface area (Å²) < 4.78 is 0. The highest BCUT2D eigenvalue weighted by Gasteiger charge is 2.06. The van der Waals surface area contributed by atoms with Gasteiger partial charge < -0.3 is 5.11 Å². The third-order valence-corrected chi connectivity index (χ3v) is 3.74. The van der Waals surface area contributed by atoms with Gasteiger partial charge in [0.1, 0.15) is 4.88 Å². The molecule has 0 atom stereocenters. The summed E-state index contributed by atoms with van der Waals surface area (Å²) in [6.45, 7) is 3.65. The molecule has 1 heterocycles. The average Bonchev–Trinajstić information content (AvgIpc) is 2.61. The molecule has 0 bridgehead atoms.